The Morgan fingerprint density at radius 1 is 1.25 bits per heavy atom. The highest BCUT2D eigenvalue weighted by Gasteiger charge is 2.32. The van der Waals surface area contributed by atoms with Crippen molar-refractivity contribution in [2.24, 2.45) is 5.41 Å². The number of benzene rings is 1. The Kier molecular flexibility index (Phi) is 5.39. The highest BCUT2D eigenvalue weighted by atomic mass is 35.5. The van der Waals surface area contributed by atoms with Gasteiger partial charge >= 0.3 is 12.0 Å². The van der Waals surface area contributed by atoms with Gasteiger partial charge in [0, 0.05) is 11.6 Å². The van der Waals surface area contributed by atoms with Gasteiger partial charge in [-0.15, -0.1) is 0 Å². The standard InChI is InChI=1S/C14H19ClN2O3/c1-14(2,3)11(12(18)19)17-13(20)16-8-9-4-6-10(15)7-5-9/h4-7,11H,8H2,1-3H3,(H,18,19)(H2,16,17,20)/t11-/m1/s1. The quantitative estimate of drug-likeness (QED) is 0.799. The van der Waals surface area contributed by atoms with Crippen LogP contribution in [0.15, 0.2) is 24.3 Å². The lowest BCUT2D eigenvalue weighted by molar-refractivity contribution is -0.141. The molecule has 3 N–H and O–H groups in total. The fourth-order valence-corrected chi connectivity index (χ4v) is 1.74. The number of halogens is 1. The molecule has 110 valence electrons. The van der Waals surface area contributed by atoms with Gasteiger partial charge in [-0.05, 0) is 23.1 Å². The number of carboxylic acid groups (broad SMARTS) is 1. The van der Waals surface area contributed by atoms with E-state index in [1.807, 2.05) is 0 Å². The predicted octanol–water partition coefficient (Wildman–Crippen LogP) is 2.64. The van der Waals surface area contributed by atoms with Crippen LogP contribution in [-0.2, 0) is 11.3 Å². The molecule has 1 aromatic rings. The summed E-state index contributed by atoms with van der Waals surface area (Å²) in [7, 11) is 0. The van der Waals surface area contributed by atoms with Gasteiger partial charge in [0.2, 0.25) is 0 Å². The minimum Gasteiger partial charge on any atom is -0.480 e. The maximum atomic E-state index is 11.7. The number of nitrogens with one attached hydrogen (secondary N) is 2. The molecular formula is C14H19ClN2O3. The summed E-state index contributed by atoms with van der Waals surface area (Å²) in [6, 6.07) is 5.58. The van der Waals surface area contributed by atoms with Crippen molar-refractivity contribution in [2.45, 2.75) is 33.4 Å². The fraction of sp³-hybridized carbons (Fsp3) is 0.429. The topological polar surface area (TPSA) is 78.4 Å². The van der Waals surface area contributed by atoms with E-state index in [1.54, 1.807) is 45.0 Å². The van der Waals surface area contributed by atoms with Crippen molar-refractivity contribution in [3.63, 3.8) is 0 Å². The molecule has 0 aliphatic heterocycles. The summed E-state index contributed by atoms with van der Waals surface area (Å²) in [6.45, 7) is 5.57. The van der Waals surface area contributed by atoms with Gasteiger partial charge in [0.05, 0.1) is 0 Å². The maximum absolute atomic E-state index is 11.7. The summed E-state index contributed by atoms with van der Waals surface area (Å²) < 4.78 is 0. The maximum Gasteiger partial charge on any atom is 0.326 e. The van der Waals surface area contributed by atoms with Gasteiger partial charge in [-0.3, -0.25) is 0 Å². The van der Waals surface area contributed by atoms with Gasteiger partial charge in [-0.25, -0.2) is 9.59 Å². The number of hydrogen-bond donors (Lipinski definition) is 3. The molecule has 0 fully saturated rings. The Morgan fingerprint density at radius 3 is 2.25 bits per heavy atom. The van der Waals surface area contributed by atoms with Crippen LogP contribution >= 0.6 is 11.6 Å². The Bertz CT molecular complexity index is 480. The summed E-state index contributed by atoms with van der Waals surface area (Å²) >= 11 is 5.76. The van der Waals surface area contributed by atoms with Crippen LogP contribution in [0.4, 0.5) is 4.79 Å². The molecule has 0 aliphatic rings. The van der Waals surface area contributed by atoms with E-state index in [-0.39, 0.29) is 0 Å². The monoisotopic (exact) mass is 298 g/mol. The number of aliphatic carboxylic acids is 1. The number of carbonyl (C=O) groups excluding carboxylic acids is 1. The molecule has 0 bridgehead atoms. The van der Waals surface area contributed by atoms with Crippen molar-refractivity contribution >= 4 is 23.6 Å². The van der Waals surface area contributed by atoms with Crippen LogP contribution in [0.2, 0.25) is 5.02 Å². The van der Waals surface area contributed by atoms with Crippen molar-refractivity contribution in [1.82, 2.24) is 10.6 Å². The van der Waals surface area contributed by atoms with Crippen LogP contribution < -0.4 is 10.6 Å². The van der Waals surface area contributed by atoms with Crippen molar-refractivity contribution < 1.29 is 14.7 Å². The van der Waals surface area contributed by atoms with Gasteiger partial charge in [0.15, 0.2) is 0 Å². The van der Waals surface area contributed by atoms with Gasteiger partial charge in [-0.1, -0.05) is 44.5 Å². The van der Waals surface area contributed by atoms with E-state index in [2.05, 4.69) is 10.6 Å². The molecule has 0 spiro atoms. The van der Waals surface area contributed by atoms with E-state index in [0.717, 1.165) is 5.56 Å². The van der Waals surface area contributed by atoms with Gasteiger partial charge < -0.3 is 15.7 Å². The molecule has 0 saturated heterocycles. The summed E-state index contributed by atoms with van der Waals surface area (Å²) in [4.78, 5) is 22.9. The van der Waals surface area contributed by atoms with Gasteiger partial charge in [-0.2, -0.15) is 0 Å². The molecule has 0 radical (unpaired) electrons. The normalized spacial score (nSPS) is 12.6. The van der Waals surface area contributed by atoms with E-state index < -0.39 is 23.5 Å². The fourth-order valence-electron chi connectivity index (χ4n) is 1.62. The zero-order valence-corrected chi connectivity index (χ0v) is 12.5. The van der Waals surface area contributed by atoms with Crippen LogP contribution in [0.25, 0.3) is 0 Å². The average molecular weight is 299 g/mol. The molecule has 0 heterocycles. The minimum atomic E-state index is -1.06. The van der Waals surface area contributed by atoms with E-state index in [1.165, 1.54) is 0 Å². The SMILES string of the molecule is CC(C)(C)[C@H](NC(=O)NCc1ccc(Cl)cc1)C(=O)O. The first-order valence-corrected chi connectivity index (χ1v) is 6.59. The molecule has 0 aliphatic carbocycles. The molecule has 6 heteroatoms. The first kappa shape index (κ1) is 16.3. The van der Waals surface area contributed by atoms with Gasteiger partial charge in [0.25, 0.3) is 0 Å². The summed E-state index contributed by atoms with van der Waals surface area (Å²) in [5.74, 6) is -1.06. The number of rotatable bonds is 4. The molecular weight excluding hydrogens is 280 g/mol. The lowest BCUT2D eigenvalue weighted by Gasteiger charge is -2.27. The van der Waals surface area contributed by atoms with Crippen molar-refractivity contribution in [1.29, 1.82) is 0 Å². The molecule has 0 saturated carbocycles. The van der Waals surface area contributed by atoms with E-state index >= 15 is 0 Å². The number of hydrogen-bond acceptors (Lipinski definition) is 2. The molecule has 1 aromatic carbocycles. The third-order valence-corrected chi connectivity index (χ3v) is 3.01. The summed E-state index contributed by atoms with van der Waals surface area (Å²) in [5.41, 5.74) is 0.316. The van der Waals surface area contributed by atoms with Gasteiger partial charge in [0.1, 0.15) is 6.04 Å². The first-order chi connectivity index (χ1) is 9.20. The van der Waals surface area contributed by atoms with E-state index in [0.29, 0.717) is 11.6 Å². The summed E-state index contributed by atoms with van der Waals surface area (Å²) in [5, 5.41) is 14.8. The number of carboxylic acids is 1. The Morgan fingerprint density at radius 2 is 1.80 bits per heavy atom. The third-order valence-electron chi connectivity index (χ3n) is 2.75. The molecule has 20 heavy (non-hydrogen) atoms. The Hall–Kier alpha value is -1.75. The van der Waals surface area contributed by atoms with Crippen molar-refractivity contribution in [2.75, 3.05) is 0 Å². The third kappa shape index (κ3) is 5.09. The first-order valence-electron chi connectivity index (χ1n) is 6.22. The highest BCUT2D eigenvalue weighted by Crippen LogP contribution is 2.19. The smallest absolute Gasteiger partial charge is 0.326 e. The molecule has 1 rings (SSSR count). The van der Waals surface area contributed by atoms with Crippen LogP contribution in [0.3, 0.4) is 0 Å². The largest absolute Gasteiger partial charge is 0.480 e. The zero-order valence-electron chi connectivity index (χ0n) is 11.7. The molecule has 2 amide bonds. The van der Waals surface area contributed by atoms with E-state index in [9.17, 15) is 9.59 Å². The van der Waals surface area contributed by atoms with Crippen LogP contribution in [-0.4, -0.2) is 23.1 Å². The average Bonchev–Trinajstić information content (AvgIpc) is 2.33. The lowest BCUT2D eigenvalue weighted by Crippen LogP contribution is -2.52. The highest BCUT2D eigenvalue weighted by molar-refractivity contribution is 6.30. The van der Waals surface area contributed by atoms with E-state index in [4.69, 9.17) is 16.7 Å². The van der Waals surface area contributed by atoms with Crippen molar-refractivity contribution in [3.05, 3.63) is 34.9 Å². The lowest BCUT2D eigenvalue weighted by atomic mass is 9.87. The minimum absolute atomic E-state index is 0.305. The molecule has 1 atom stereocenters. The second-order valence-corrected chi connectivity index (χ2v) is 6.03. The number of urea groups is 1. The molecule has 0 unspecified atom stereocenters. The second-order valence-electron chi connectivity index (χ2n) is 5.59. The number of carbonyl (C=O) groups is 2. The predicted molar refractivity (Wildman–Crippen MR) is 77.7 cm³/mol. The molecule has 5 nitrogen and oxygen atoms in total. The van der Waals surface area contributed by atoms with Crippen molar-refractivity contribution in [3.8, 4) is 0 Å². The number of amides is 2. The van der Waals surface area contributed by atoms with Crippen LogP contribution in [0, 0.1) is 5.41 Å². The Balaban J connectivity index is 2.54. The zero-order chi connectivity index (χ0) is 15.3. The molecule has 0 aromatic heterocycles. The second kappa shape index (κ2) is 6.61. The van der Waals surface area contributed by atoms with Crippen LogP contribution in [0.5, 0.6) is 0 Å². The Labute approximate surface area is 123 Å². The van der Waals surface area contributed by atoms with Crippen LogP contribution in [0.1, 0.15) is 26.3 Å². The summed E-state index contributed by atoms with van der Waals surface area (Å²) in [6.07, 6.45) is 0.